The first-order valence-electron chi connectivity index (χ1n) is 12.6. The highest BCUT2D eigenvalue weighted by atomic mass is 127. The fourth-order valence-corrected chi connectivity index (χ4v) is 5.06. The number of hydrogen-bond acceptors (Lipinski definition) is 8. The maximum atomic E-state index is 13.3. The number of nitrogens with one attached hydrogen (secondary N) is 1. The highest BCUT2D eigenvalue weighted by Crippen LogP contribution is 2.37. The van der Waals surface area contributed by atoms with Crippen molar-refractivity contribution in [3.63, 3.8) is 0 Å². The van der Waals surface area contributed by atoms with Crippen LogP contribution in [0.25, 0.3) is 0 Å². The number of unbranched alkanes of at least 4 members (excludes halogenated alkanes) is 2. The molecule has 1 aromatic carbocycles. The van der Waals surface area contributed by atoms with E-state index in [9.17, 15) is 19.8 Å². The van der Waals surface area contributed by atoms with Gasteiger partial charge in [-0.15, -0.1) is 6.58 Å². The van der Waals surface area contributed by atoms with Crippen molar-refractivity contribution >= 4 is 34.4 Å². The summed E-state index contributed by atoms with van der Waals surface area (Å²) in [6, 6.07) is 2.63. The van der Waals surface area contributed by atoms with Crippen LogP contribution in [0.1, 0.15) is 37.7 Å². The minimum absolute atomic E-state index is 0.0683. The molecule has 0 aliphatic heterocycles. The van der Waals surface area contributed by atoms with Gasteiger partial charge in [-0.2, -0.15) is 0 Å². The smallest absolute Gasteiger partial charge is 0.247 e. The summed E-state index contributed by atoms with van der Waals surface area (Å²) in [5, 5.41) is 32.8. The van der Waals surface area contributed by atoms with Gasteiger partial charge in [0.25, 0.3) is 0 Å². The number of methoxy groups -OCH3 is 2. The summed E-state index contributed by atoms with van der Waals surface area (Å²) in [5.41, 5.74) is 0.967. The van der Waals surface area contributed by atoms with Gasteiger partial charge in [-0.25, -0.2) is 0 Å². The third-order valence-electron chi connectivity index (χ3n) is 6.25. The van der Waals surface area contributed by atoms with Gasteiger partial charge in [0.1, 0.15) is 12.2 Å². The number of nitrogens with zero attached hydrogens (tertiary/aromatic N) is 1. The quantitative estimate of drug-likeness (QED) is 0.122. The molecule has 0 fully saturated rings. The predicted octanol–water partition coefficient (Wildman–Crippen LogP) is 1.93. The Morgan fingerprint density at radius 2 is 2.03 bits per heavy atom. The van der Waals surface area contributed by atoms with Crippen molar-refractivity contribution in [1.82, 2.24) is 10.2 Å². The number of allylic oxidation sites excluding steroid dienone is 1. The number of aliphatic hydroxyl groups excluding tert-OH is 3. The van der Waals surface area contributed by atoms with Crippen LogP contribution >= 0.6 is 22.6 Å². The van der Waals surface area contributed by atoms with Crippen molar-refractivity contribution in [2.75, 3.05) is 40.5 Å². The van der Waals surface area contributed by atoms with Crippen LogP contribution in [0.5, 0.6) is 11.5 Å². The average molecular weight is 647 g/mol. The van der Waals surface area contributed by atoms with Gasteiger partial charge in [0.05, 0.1) is 36.5 Å². The first kappa shape index (κ1) is 32.0. The second kappa shape index (κ2) is 16.7. The van der Waals surface area contributed by atoms with E-state index in [1.807, 2.05) is 6.08 Å². The Kier molecular flexibility index (Phi) is 14.1. The summed E-state index contributed by atoms with van der Waals surface area (Å²) >= 11 is 2.05. The Balaban J connectivity index is 2.43. The Bertz CT molecular complexity index is 971. The van der Waals surface area contributed by atoms with Crippen LogP contribution in [0.3, 0.4) is 0 Å². The number of hydrogen-bond donors (Lipinski definition) is 4. The lowest BCUT2D eigenvalue weighted by Crippen LogP contribution is -2.55. The van der Waals surface area contributed by atoms with Gasteiger partial charge in [-0.05, 0) is 65.6 Å². The van der Waals surface area contributed by atoms with E-state index in [4.69, 9.17) is 19.3 Å². The monoisotopic (exact) mass is 646 g/mol. The molecule has 38 heavy (non-hydrogen) atoms. The molecule has 4 N–H and O–H groups in total. The molecular formula is C27H39IN2O8. The van der Waals surface area contributed by atoms with Gasteiger partial charge in [0.15, 0.2) is 11.5 Å². The minimum Gasteiger partial charge on any atom is -0.493 e. The lowest BCUT2D eigenvalue weighted by Gasteiger charge is -2.40. The van der Waals surface area contributed by atoms with Crippen molar-refractivity contribution in [2.45, 2.75) is 57.0 Å². The topological polar surface area (TPSA) is 138 Å². The molecule has 212 valence electrons. The number of carbonyl (C=O) groups excluding carboxylic acids is 2. The summed E-state index contributed by atoms with van der Waals surface area (Å²) in [7, 11) is 3.01. The zero-order valence-corrected chi connectivity index (χ0v) is 24.2. The molecule has 0 unspecified atom stereocenters. The molecule has 0 heterocycles. The van der Waals surface area contributed by atoms with E-state index >= 15 is 0 Å². The average Bonchev–Trinajstić information content (AvgIpc) is 2.92. The van der Waals surface area contributed by atoms with Crippen molar-refractivity contribution in [2.24, 2.45) is 0 Å². The molecule has 1 aliphatic carbocycles. The summed E-state index contributed by atoms with van der Waals surface area (Å²) < 4.78 is 17.6. The molecule has 0 saturated carbocycles. The minimum atomic E-state index is -1.16. The Labute approximate surface area is 237 Å². The van der Waals surface area contributed by atoms with Crippen molar-refractivity contribution in [1.29, 1.82) is 0 Å². The Morgan fingerprint density at radius 1 is 1.26 bits per heavy atom. The van der Waals surface area contributed by atoms with E-state index in [0.29, 0.717) is 32.6 Å². The van der Waals surface area contributed by atoms with Crippen LogP contribution in [0.15, 0.2) is 36.4 Å². The Morgan fingerprint density at radius 3 is 2.66 bits per heavy atom. The van der Waals surface area contributed by atoms with Gasteiger partial charge < -0.3 is 39.7 Å². The number of rotatable bonds is 16. The van der Waals surface area contributed by atoms with Crippen LogP contribution in [0.2, 0.25) is 0 Å². The number of aliphatic hydroxyl groups is 3. The summed E-state index contributed by atoms with van der Waals surface area (Å²) in [6.45, 7) is 3.88. The number of benzene rings is 1. The molecule has 1 aromatic rings. The zero-order chi connectivity index (χ0) is 28.1. The summed E-state index contributed by atoms with van der Waals surface area (Å²) in [6.07, 6.45) is 3.92. The third kappa shape index (κ3) is 8.94. The van der Waals surface area contributed by atoms with Gasteiger partial charge in [-0.1, -0.05) is 6.08 Å². The second-order valence-electron chi connectivity index (χ2n) is 8.90. The summed E-state index contributed by atoms with van der Waals surface area (Å²) in [5.74, 6) is 0.155. The number of amides is 2. The SMILES string of the molecule is C=CCCCCC(=O)N(CCOC)[C@@H]1CC(C(=O)NCCO)=C[C@H](Oc2c(I)cc(CO)cc2OC)[C@H]1O. The zero-order valence-electron chi connectivity index (χ0n) is 22.0. The molecule has 1 aliphatic rings. The fourth-order valence-electron chi connectivity index (χ4n) is 4.27. The molecule has 3 atom stereocenters. The maximum absolute atomic E-state index is 13.3. The molecule has 0 spiro atoms. The molecule has 10 nitrogen and oxygen atoms in total. The first-order valence-corrected chi connectivity index (χ1v) is 13.7. The maximum Gasteiger partial charge on any atom is 0.247 e. The molecule has 0 radical (unpaired) electrons. The van der Waals surface area contributed by atoms with E-state index in [1.54, 1.807) is 23.1 Å². The Hall–Kier alpha value is -2.19. The normalized spacial score (nSPS) is 18.9. The van der Waals surface area contributed by atoms with E-state index in [-0.39, 0.29) is 51.7 Å². The van der Waals surface area contributed by atoms with Crippen molar-refractivity contribution in [3.8, 4) is 11.5 Å². The van der Waals surface area contributed by atoms with Crippen LogP contribution in [0.4, 0.5) is 0 Å². The molecule has 0 bridgehead atoms. The van der Waals surface area contributed by atoms with Gasteiger partial charge in [0, 0.05) is 38.6 Å². The molecule has 2 amide bonds. The lowest BCUT2D eigenvalue weighted by molar-refractivity contribution is -0.139. The largest absolute Gasteiger partial charge is 0.493 e. The van der Waals surface area contributed by atoms with Crippen LogP contribution in [-0.4, -0.2) is 90.8 Å². The van der Waals surface area contributed by atoms with Gasteiger partial charge in [0.2, 0.25) is 11.8 Å². The molecular weight excluding hydrogens is 607 g/mol. The van der Waals surface area contributed by atoms with E-state index in [0.717, 1.165) is 12.8 Å². The van der Waals surface area contributed by atoms with Crippen LogP contribution < -0.4 is 14.8 Å². The van der Waals surface area contributed by atoms with Crippen molar-refractivity contribution in [3.05, 3.63) is 45.6 Å². The summed E-state index contributed by atoms with van der Waals surface area (Å²) in [4.78, 5) is 27.8. The lowest BCUT2D eigenvalue weighted by atomic mass is 9.88. The van der Waals surface area contributed by atoms with E-state index < -0.39 is 24.2 Å². The molecule has 11 heteroatoms. The number of ether oxygens (including phenoxy) is 3. The molecule has 0 aromatic heterocycles. The van der Waals surface area contributed by atoms with Crippen LogP contribution in [-0.2, 0) is 20.9 Å². The number of halogens is 1. The van der Waals surface area contributed by atoms with E-state index in [1.165, 1.54) is 14.2 Å². The highest BCUT2D eigenvalue weighted by molar-refractivity contribution is 14.1. The standard InChI is InChI=1S/C27H39IN2O8/c1-4-5-6-7-8-24(33)30(10-12-36-2)21-15-19(27(35)29-9-11-31)16-22(25(21)34)38-26-20(28)13-18(17-32)14-23(26)37-3/h4,13-14,16,21-22,25,31-32,34H,1,5-12,15,17H2,2-3H3,(H,29,35)/t21-,22+,25+/m1/s1. The second-order valence-corrected chi connectivity index (χ2v) is 10.1. The highest BCUT2D eigenvalue weighted by Gasteiger charge is 2.40. The van der Waals surface area contributed by atoms with E-state index in [2.05, 4.69) is 34.5 Å². The predicted molar refractivity (Wildman–Crippen MR) is 151 cm³/mol. The third-order valence-corrected chi connectivity index (χ3v) is 7.05. The van der Waals surface area contributed by atoms with Gasteiger partial charge in [-0.3, -0.25) is 9.59 Å². The first-order chi connectivity index (χ1) is 18.3. The van der Waals surface area contributed by atoms with Crippen LogP contribution in [0, 0.1) is 3.57 Å². The number of carbonyl (C=O) groups is 2. The fraction of sp³-hybridized carbons (Fsp3) is 0.556. The molecule has 2 rings (SSSR count). The van der Waals surface area contributed by atoms with Gasteiger partial charge >= 0.3 is 0 Å². The van der Waals surface area contributed by atoms with Crippen molar-refractivity contribution < 1.29 is 39.1 Å². The molecule has 0 saturated heterocycles.